The van der Waals surface area contributed by atoms with E-state index in [1.54, 1.807) is 40.6 Å². The molecule has 0 saturated heterocycles. The van der Waals surface area contributed by atoms with Crippen molar-refractivity contribution in [2.75, 3.05) is 24.7 Å². The summed E-state index contributed by atoms with van der Waals surface area (Å²) < 4.78 is 0. The third-order valence-corrected chi connectivity index (χ3v) is 6.92. The minimum atomic E-state index is -0.653. The van der Waals surface area contributed by atoms with Gasteiger partial charge < -0.3 is 26.7 Å². The number of rotatable bonds is 18. The molecule has 0 bridgehead atoms. The molecule has 0 aliphatic carbocycles. The number of nitrogens with one attached hydrogen (secondary N) is 3. The Labute approximate surface area is 202 Å². The first-order valence-electron chi connectivity index (χ1n) is 10.7. The van der Waals surface area contributed by atoms with Gasteiger partial charge in [-0.05, 0) is 37.0 Å². The van der Waals surface area contributed by atoms with Crippen LogP contribution >= 0.6 is 21.6 Å². The van der Waals surface area contributed by atoms with Crippen LogP contribution in [0.5, 0.6) is 5.75 Å². The molecule has 0 radical (unpaired) electrons. The number of benzene rings is 1. The van der Waals surface area contributed by atoms with Crippen molar-refractivity contribution in [2.24, 2.45) is 17.4 Å². The number of hydrogen-bond donors (Lipinski definition) is 6. The predicted molar refractivity (Wildman–Crippen MR) is 132 cm³/mol. The molecule has 0 unspecified atom stereocenters. The maximum Gasteiger partial charge on any atom is 0.238 e. The molecule has 0 saturated carbocycles. The molecule has 33 heavy (non-hydrogen) atoms. The molecule has 0 aliphatic heterocycles. The minimum absolute atomic E-state index is 0.179. The van der Waals surface area contributed by atoms with E-state index in [0.29, 0.717) is 43.9 Å². The molecule has 3 atom stereocenters. The van der Waals surface area contributed by atoms with Gasteiger partial charge in [-0.1, -0.05) is 40.6 Å². The molecule has 1 aromatic carbocycles. The lowest BCUT2D eigenvalue weighted by Gasteiger charge is -2.17. The third kappa shape index (κ3) is 14.1. The third-order valence-electron chi connectivity index (χ3n) is 4.55. The highest BCUT2D eigenvalue weighted by atomic mass is 33.1. The smallest absolute Gasteiger partial charge is 0.238 e. The lowest BCUT2D eigenvalue weighted by Crippen LogP contribution is -2.42. The lowest BCUT2D eigenvalue weighted by atomic mass is 9.96. The first-order chi connectivity index (χ1) is 15.8. The van der Waals surface area contributed by atoms with Crippen molar-refractivity contribution in [3.63, 3.8) is 0 Å². The van der Waals surface area contributed by atoms with Crippen LogP contribution in [0.15, 0.2) is 24.3 Å². The van der Waals surface area contributed by atoms with Crippen LogP contribution in [0, 0.1) is 5.92 Å². The molecule has 12 heteroatoms. The largest absolute Gasteiger partial charge is 0.508 e. The van der Waals surface area contributed by atoms with Crippen molar-refractivity contribution in [3.8, 4) is 5.75 Å². The summed E-state index contributed by atoms with van der Waals surface area (Å²) in [5, 5.41) is 12.0. The summed E-state index contributed by atoms with van der Waals surface area (Å²) in [6, 6.07) is 6.03. The van der Waals surface area contributed by atoms with E-state index >= 15 is 0 Å². The van der Waals surface area contributed by atoms with E-state index in [-0.39, 0.29) is 35.9 Å². The highest BCUT2D eigenvalue weighted by Crippen LogP contribution is 2.19. The Balaban J connectivity index is 2.00. The highest BCUT2D eigenvalue weighted by Gasteiger charge is 2.17. The highest BCUT2D eigenvalue weighted by molar-refractivity contribution is 8.76. The Morgan fingerprint density at radius 2 is 1.85 bits per heavy atom. The van der Waals surface area contributed by atoms with Crippen LogP contribution in [-0.2, 0) is 25.6 Å². The van der Waals surface area contributed by atoms with Crippen LogP contribution in [0.2, 0.25) is 0 Å². The van der Waals surface area contributed by atoms with E-state index in [2.05, 4.69) is 16.3 Å². The molecule has 0 aliphatic rings. The van der Waals surface area contributed by atoms with Gasteiger partial charge >= 0.3 is 0 Å². The molecule has 1 rings (SSSR count). The Morgan fingerprint density at radius 3 is 2.55 bits per heavy atom. The average Bonchev–Trinajstić information content (AvgIpc) is 2.79. The monoisotopic (exact) mass is 501 g/mol. The first kappa shape index (κ1) is 29.2. The molecule has 0 spiro atoms. The number of hydrogen-bond acceptors (Lipinski definition) is 10. The number of aromatic hydroxyl groups is 1. The molecule has 0 heterocycles. The second-order valence-electron chi connectivity index (χ2n) is 7.49. The number of amides is 2. The number of nitrogens with two attached hydrogens (primary N) is 2. The van der Waals surface area contributed by atoms with Crippen molar-refractivity contribution in [2.45, 2.75) is 44.7 Å². The van der Waals surface area contributed by atoms with Crippen molar-refractivity contribution in [1.29, 1.82) is 0 Å². The van der Waals surface area contributed by atoms with Gasteiger partial charge in [0.1, 0.15) is 12.0 Å². The van der Waals surface area contributed by atoms with Crippen molar-refractivity contribution >= 4 is 39.7 Å². The summed E-state index contributed by atoms with van der Waals surface area (Å²) in [7, 11) is 3.16. The van der Waals surface area contributed by atoms with Gasteiger partial charge in [0.05, 0.1) is 12.6 Å². The fourth-order valence-electron chi connectivity index (χ4n) is 2.76. The van der Waals surface area contributed by atoms with Gasteiger partial charge in [0.15, 0.2) is 0 Å². The van der Waals surface area contributed by atoms with Crippen molar-refractivity contribution in [1.82, 2.24) is 16.3 Å². The van der Waals surface area contributed by atoms with Gasteiger partial charge in [0, 0.05) is 36.4 Å². The summed E-state index contributed by atoms with van der Waals surface area (Å²) >= 11 is 0. The Bertz CT molecular complexity index is 711. The zero-order valence-electron chi connectivity index (χ0n) is 18.8. The van der Waals surface area contributed by atoms with Crippen LogP contribution < -0.4 is 27.8 Å². The van der Waals surface area contributed by atoms with Gasteiger partial charge in [0.25, 0.3) is 0 Å². The molecule has 2 amide bonds. The van der Waals surface area contributed by atoms with E-state index < -0.39 is 6.04 Å². The van der Waals surface area contributed by atoms with Crippen LogP contribution in [-0.4, -0.2) is 59.9 Å². The van der Waals surface area contributed by atoms with Crippen molar-refractivity contribution < 1.29 is 24.3 Å². The molecule has 0 aromatic heterocycles. The van der Waals surface area contributed by atoms with E-state index in [4.69, 9.17) is 16.3 Å². The maximum absolute atomic E-state index is 12.1. The quantitative estimate of drug-likeness (QED) is 0.0726. The molecular formula is C21H35N5O5S2. The second-order valence-corrected chi connectivity index (χ2v) is 10.2. The molecule has 186 valence electrons. The van der Waals surface area contributed by atoms with Gasteiger partial charge in [-0.2, -0.15) is 0 Å². The molecule has 1 aromatic rings. The Hall–Kier alpha value is -1.83. The normalized spacial score (nSPS) is 13.7. The fraction of sp³-hybridized carbons (Fsp3) is 0.571. The topological polar surface area (TPSA) is 169 Å². The maximum atomic E-state index is 12.1. The molecule has 8 N–H and O–H groups in total. The zero-order chi connectivity index (χ0) is 24.5. The predicted octanol–water partition coefficient (Wildman–Crippen LogP) is 0.645. The summed E-state index contributed by atoms with van der Waals surface area (Å²) in [5.41, 5.74) is 17.8. The zero-order valence-corrected chi connectivity index (χ0v) is 20.5. The van der Waals surface area contributed by atoms with E-state index in [1.165, 1.54) is 0 Å². The van der Waals surface area contributed by atoms with Crippen LogP contribution in [0.4, 0.5) is 0 Å². The summed E-state index contributed by atoms with van der Waals surface area (Å²) in [4.78, 5) is 39.3. The van der Waals surface area contributed by atoms with Gasteiger partial charge in [0.2, 0.25) is 11.8 Å². The average molecular weight is 502 g/mol. The molecule has 10 nitrogen and oxygen atoms in total. The van der Waals surface area contributed by atoms with Gasteiger partial charge in [-0.25, -0.2) is 0 Å². The summed E-state index contributed by atoms with van der Waals surface area (Å²) in [6.07, 6.45) is 2.51. The Morgan fingerprint density at radius 1 is 1.15 bits per heavy atom. The lowest BCUT2D eigenvalue weighted by molar-refractivity contribution is -0.130. The first-order valence-corrected chi connectivity index (χ1v) is 13.2. The minimum Gasteiger partial charge on any atom is -0.508 e. The van der Waals surface area contributed by atoms with E-state index in [0.717, 1.165) is 11.8 Å². The number of phenolic OH excluding ortho intramolecular Hbond substituents is 1. The standard InChI is InChI=1S/C21H35N5O5S2/c1-15(13-17(22)14-16-4-6-18(28)7-5-16)20(29)25-26-31-10-12-33-32-11-8-24-21(30)19(23)3-2-9-27/h4-7,9,15,17,19,26,28H,2-3,8,10-14,22-23H2,1H3,(H,24,30)(H,25,29)/t15-,17+,19-/m0/s1. The number of phenols is 1. The number of carbonyl (C=O) groups excluding carboxylic acids is 3. The van der Waals surface area contributed by atoms with Crippen LogP contribution in [0.1, 0.15) is 31.7 Å². The summed E-state index contributed by atoms with van der Waals surface area (Å²) in [6.45, 7) is 2.68. The van der Waals surface area contributed by atoms with Gasteiger partial charge in [-0.15, -0.1) is 5.59 Å². The number of aldehydes is 1. The SMILES string of the molecule is C[C@@H](C[C@@H](N)Cc1ccc(O)cc1)C(=O)NNOCCSSCCNC(=O)[C@@H](N)CCC=O. The van der Waals surface area contributed by atoms with Crippen molar-refractivity contribution in [3.05, 3.63) is 29.8 Å². The number of hydrazine groups is 1. The second kappa shape index (κ2) is 17.6. The molecule has 0 fully saturated rings. The number of carbonyl (C=O) groups is 3. The van der Waals surface area contributed by atoms with E-state index in [9.17, 15) is 19.5 Å². The molecular weight excluding hydrogens is 466 g/mol. The van der Waals surface area contributed by atoms with Gasteiger partial charge in [-0.3, -0.25) is 19.9 Å². The van der Waals surface area contributed by atoms with Crippen LogP contribution in [0.25, 0.3) is 0 Å². The summed E-state index contributed by atoms with van der Waals surface area (Å²) in [5.74, 6) is 0.859. The fourth-order valence-corrected chi connectivity index (χ4v) is 4.49. The van der Waals surface area contributed by atoms with E-state index in [1.807, 2.05) is 12.1 Å². The van der Waals surface area contributed by atoms with Crippen LogP contribution in [0.3, 0.4) is 0 Å². The Kier molecular flexibility index (Phi) is 15.6.